The highest BCUT2D eigenvalue weighted by Gasteiger charge is 2.15. The molecule has 92 valence electrons. The predicted octanol–water partition coefficient (Wildman–Crippen LogP) is 2.82. The molecule has 0 atom stereocenters. The summed E-state index contributed by atoms with van der Waals surface area (Å²) in [4.78, 5) is 6.67. The van der Waals surface area contributed by atoms with Crippen molar-refractivity contribution in [3.8, 4) is 0 Å². The molecule has 0 bridgehead atoms. The molecule has 1 aliphatic rings. The minimum absolute atomic E-state index is 0.924. The van der Waals surface area contributed by atoms with E-state index in [-0.39, 0.29) is 0 Å². The maximum atomic E-state index is 4.26. The van der Waals surface area contributed by atoms with Gasteiger partial charge in [0.1, 0.15) is 0 Å². The zero-order chi connectivity index (χ0) is 12.4. The Morgan fingerprint density at radius 1 is 1.28 bits per heavy atom. The van der Waals surface area contributed by atoms with Crippen molar-refractivity contribution in [1.29, 1.82) is 0 Å². The summed E-state index contributed by atoms with van der Waals surface area (Å²) in [6.45, 7) is 5.04. The maximum Gasteiger partial charge on any atom is 0.0605 e. The molecule has 0 saturated heterocycles. The van der Waals surface area contributed by atoms with E-state index in [2.05, 4.69) is 52.5 Å². The average Bonchev–Trinajstić information content (AvgIpc) is 2.39. The van der Waals surface area contributed by atoms with Crippen molar-refractivity contribution in [2.45, 2.75) is 13.5 Å². The van der Waals surface area contributed by atoms with E-state index in [1.807, 2.05) is 12.4 Å². The highest BCUT2D eigenvalue weighted by molar-refractivity contribution is 5.71. The van der Waals surface area contributed by atoms with Gasteiger partial charge in [-0.05, 0) is 30.2 Å². The van der Waals surface area contributed by atoms with Gasteiger partial charge in [0, 0.05) is 32.0 Å². The van der Waals surface area contributed by atoms with E-state index < -0.39 is 0 Å². The molecule has 3 rings (SSSR count). The normalized spacial score (nSPS) is 13.9. The first-order valence-electron chi connectivity index (χ1n) is 6.31. The monoisotopic (exact) mass is 239 g/mol. The van der Waals surface area contributed by atoms with Gasteiger partial charge in [0.15, 0.2) is 0 Å². The number of aryl methyl sites for hydroxylation is 1. The molecule has 3 heteroatoms. The number of para-hydroxylation sites is 2. The molecular formula is C15H17N3. The molecule has 0 saturated carbocycles. The molecule has 3 nitrogen and oxygen atoms in total. The number of aromatic nitrogens is 1. The van der Waals surface area contributed by atoms with Crippen molar-refractivity contribution in [3.05, 3.63) is 53.9 Å². The molecule has 0 fully saturated rings. The quantitative estimate of drug-likeness (QED) is 0.873. The first kappa shape index (κ1) is 11.1. The molecule has 18 heavy (non-hydrogen) atoms. The summed E-state index contributed by atoms with van der Waals surface area (Å²) in [6, 6.07) is 10.7. The highest BCUT2D eigenvalue weighted by atomic mass is 15.2. The van der Waals surface area contributed by atoms with Gasteiger partial charge in [-0.1, -0.05) is 18.2 Å². The number of hydrogen-bond donors (Lipinski definition) is 1. The van der Waals surface area contributed by atoms with Gasteiger partial charge in [-0.2, -0.15) is 0 Å². The van der Waals surface area contributed by atoms with Crippen molar-refractivity contribution in [1.82, 2.24) is 4.98 Å². The molecule has 2 aromatic rings. The van der Waals surface area contributed by atoms with Crippen LogP contribution in [0.2, 0.25) is 0 Å². The summed E-state index contributed by atoms with van der Waals surface area (Å²) in [5.74, 6) is 0. The summed E-state index contributed by atoms with van der Waals surface area (Å²) in [7, 11) is 0. The molecule has 1 N–H and O–H groups in total. The van der Waals surface area contributed by atoms with E-state index in [9.17, 15) is 0 Å². The Morgan fingerprint density at radius 2 is 2.17 bits per heavy atom. The fraction of sp³-hybridized carbons (Fsp3) is 0.267. The van der Waals surface area contributed by atoms with E-state index in [0.717, 1.165) is 19.6 Å². The van der Waals surface area contributed by atoms with E-state index in [1.165, 1.54) is 22.5 Å². The van der Waals surface area contributed by atoms with Crippen LogP contribution in [0.15, 0.2) is 42.7 Å². The van der Waals surface area contributed by atoms with Crippen LogP contribution in [0.1, 0.15) is 11.1 Å². The third-order valence-corrected chi connectivity index (χ3v) is 3.25. The van der Waals surface area contributed by atoms with Crippen LogP contribution in [0.25, 0.3) is 0 Å². The Kier molecular flexibility index (Phi) is 2.89. The van der Waals surface area contributed by atoms with Crippen LogP contribution in [-0.4, -0.2) is 18.1 Å². The SMILES string of the molecule is Cc1cncc(CN2CCNc3ccccc32)c1. The van der Waals surface area contributed by atoms with Crippen LogP contribution in [0, 0.1) is 6.92 Å². The van der Waals surface area contributed by atoms with Crippen LogP contribution in [-0.2, 0) is 6.54 Å². The van der Waals surface area contributed by atoms with Crippen molar-refractivity contribution in [2.24, 2.45) is 0 Å². The van der Waals surface area contributed by atoms with Gasteiger partial charge in [-0.3, -0.25) is 4.98 Å². The van der Waals surface area contributed by atoms with Crippen LogP contribution < -0.4 is 10.2 Å². The fourth-order valence-electron chi connectivity index (χ4n) is 2.43. The number of pyridine rings is 1. The second-order valence-corrected chi connectivity index (χ2v) is 4.74. The Balaban J connectivity index is 1.86. The van der Waals surface area contributed by atoms with E-state index >= 15 is 0 Å². The van der Waals surface area contributed by atoms with Crippen LogP contribution >= 0.6 is 0 Å². The van der Waals surface area contributed by atoms with E-state index in [1.54, 1.807) is 0 Å². The Morgan fingerprint density at radius 3 is 3.06 bits per heavy atom. The van der Waals surface area contributed by atoms with Crippen molar-refractivity contribution in [3.63, 3.8) is 0 Å². The van der Waals surface area contributed by atoms with Gasteiger partial charge in [-0.15, -0.1) is 0 Å². The standard InChI is InChI=1S/C15H17N3/c1-12-8-13(10-16-9-12)11-18-7-6-17-14-4-2-3-5-15(14)18/h2-5,8-10,17H,6-7,11H2,1H3. The number of fused-ring (bicyclic) bond motifs is 1. The molecule has 1 aliphatic heterocycles. The zero-order valence-electron chi connectivity index (χ0n) is 10.6. The van der Waals surface area contributed by atoms with Crippen LogP contribution in [0.5, 0.6) is 0 Å². The minimum Gasteiger partial charge on any atom is -0.382 e. The molecule has 0 radical (unpaired) electrons. The van der Waals surface area contributed by atoms with Gasteiger partial charge in [0.25, 0.3) is 0 Å². The van der Waals surface area contributed by atoms with Gasteiger partial charge < -0.3 is 10.2 Å². The second kappa shape index (κ2) is 4.69. The number of benzene rings is 1. The number of hydrogen-bond acceptors (Lipinski definition) is 3. The average molecular weight is 239 g/mol. The summed E-state index contributed by atoms with van der Waals surface area (Å²) in [5, 5.41) is 3.43. The molecule has 0 aliphatic carbocycles. The summed E-state index contributed by atoms with van der Waals surface area (Å²) in [5.41, 5.74) is 5.00. The number of nitrogens with one attached hydrogen (secondary N) is 1. The number of anilines is 2. The topological polar surface area (TPSA) is 28.2 Å². The smallest absolute Gasteiger partial charge is 0.0605 e. The van der Waals surface area contributed by atoms with Crippen molar-refractivity contribution >= 4 is 11.4 Å². The lowest BCUT2D eigenvalue weighted by Gasteiger charge is -2.32. The summed E-state index contributed by atoms with van der Waals surface area (Å²) in [6.07, 6.45) is 3.85. The Bertz CT molecular complexity index is 551. The molecular weight excluding hydrogens is 222 g/mol. The van der Waals surface area contributed by atoms with E-state index in [4.69, 9.17) is 0 Å². The van der Waals surface area contributed by atoms with Gasteiger partial charge in [0.05, 0.1) is 11.4 Å². The fourth-order valence-corrected chi connectivity index (χ4v) is 2.43. The van der Waals surface area contributed by atoms with Crippen LogP contribution in [0.4, 0.5) is 11.4 Å². The lowest BCUT2D eigenvalue weighted by Crippen LogP contribution is -2.33. The maximum absolute atomic E-state index is 4.26. The number of rotatable bonds is 2. The first-order chi connectivity index (χ1) is 8.83. The lowest BCUT2D eigenvalue weighted by atomic mass is 10.1. The largest absolute Gasteiger partial charge is 0.382 e. The predicted molar refractivity (Wildman–Crippen MR) is 75.0 cm³/mol. The molecule has 0 unspecified atom stereocenters. The van der Waals surface area contributed by atoms with E-state index in [0.29, 0.717) is 0 Å². The van der Waals surface area contributed by atoms with Gasteiger partial charge >= 0.3 is 0 Å². The molecule has 1 aromatic heterocycles. The minimum atomic E-state index is 0.924. The van der Waals surface area contributed by atoms with Crippen molar-refractivity contribution < 1.29 is 0 Å². The third-order valence-electron chi connectivity index (χ3n) is 3.25. The second-order valence-electron chi connectivity index (χ2n) is 4.74. The molecule has 0 spiro atoms. The first-order valence-corrected chi connectivity index (χ1v) is 6.31. The van der Waals surface area contributed by atoms with Crippen LogP contribution in [0.3, 0.4) is 0 Å². The molecule has 2 heterocycles. The lowest BCUT2D eigenvalue weighted by molar-refractivity contribution is 0.784. The summed E-state index contributed by atoms with van der Waals surface area (Å²) < 4.78 is 0. The third kappa shape index (κ3) is 2.16. The Labute approximate surface area is 107 Å². The van der Waals surface area contributed by atoms with Gasteiger partial charge in [0.2, 0.25) is 0 Å². The van der Waals surface area contributed by atoms with Gasteiger partial charge in [-0.25, -0.2) is 0 Å². The number of nitrogens with zero attached hydrogens (tertiary/aromatic N) is 2. The molecule has 0 amide bonds. The zero-order valence-corrected chi connectivity index (χ0v) is 10.6. The highest BCUT2D eigenvalue weighted by Crippen LogP contribution is 2.29. The Hall–Kier alpha value is -2.03. The van der Waals surface area contributed by atoms with Crippen molar-refractivity contribution in [2.75, 3.05) is 23.3 Å². The molecule has 1 aromatic carbocycles. The summed E-state index contributed by atoms with van der Waals surface area (Å²) >= 11 is 0.